The van der Waals surface area contributed by atoms with Gasteiger partial charge in [0.25, 0.3) is 5.91 Å². The van der Waals surface area contributed by atoms with Crippen molar-refractivity contribution >= 4 is 23.4 Å². The number of rotatable bonds is 5. The predicted molar refractivity (Wildman–Crippen MR) is 121 cm³/mol. The topological polar surface area (TPSA) is 106 Å². The molecule has 3 amide bonds. The van der Waals surface area contributed by atoms with E-state index in [4.69, 9.17) is 14.2 Å². The molecule has 1 aromatic carbocycles. The van der Waals surface area contributed by atoms with E-state index in [1.165, 1.54) is 0 Å². The van der Waals surface area contributed by atoms with Gasteiger partial charge in [0.15, 0.2) is 0 Å². The van der Waals surface area contributed by atoms with Gasteiger partial charge in [-0.1, -0.05) is 0 Å². The number of benzene rings is 1. The number of amides is 3. The molecule has 1 aromatic rings. The van der Waals surface area contributed by atoms with Crippen molar-refractivity contribution in [3.05, 3.63) is 23.8 Å². The summed E-state index contributed by atoms with van der Waals surface area (Å²) in [5, 5.41) is 5.75. The van der Waals surface area contributed by atoms with Crippen molar-refractivity contribution in [1.82, 2.24) is 10.2 Å². The minimum absolute atomic E-state index is 0.0298. The number of hydrogen-bond donors (Lipinski definition) is 2. The van der Waals surface area contributed by atoms with Crippen LogP contribution in [0.3, 0.4) is 0 Å². The summed E-state index contributed by atoms with van der Waals surface area (Å²) in [4.78, 5) is 39.6. The summed E-state index contributed by atoms with van der Waals surface area (Å²) in [7, 11) is 1.77. The van der Waals surface area contributed by atoms with Crippen LogP contribution in [0.4, 0.5) is 5.69 Å². The summed E-state index contributed by atoms with van der Waals surface area (Å²) in [6.45, 7) is 3.95. The molecule has 0 spiro atoms. The van der Waals surface area contributed by atoms with Gasteiger partial charge in [-0.2, -0.15) is 0 Å². The number of hydrogen-bond acceptors (Lipinski definition) is 6. The van der Waals surface area contributed by atoms with Gasteiger partial charge in [-0.25, -0.2) is 0 Å². The molecular weight excluding hydrogens is 426 g/mol. The van der Waals surface area contributed by atoms with Gasteiger partial charge < -0.3 is 29.7 Å². The molecule has 3 aliphatic heterocycles. The van der Waals surface area contributed by atoms with E-state index in [2.05, 4.69) is 10.6 Å². The molecule has 0 saturated carbocycles. The highest BCUT2D eigenvalue weighted by molar-refractivity contribution is 6.00. The normalized spacial score (nSPS) is 25.7. The number of likely N-dealkylation sites (N-methyl/N-ethyl adjacent to an activating group) is 1. The van der Waals surface area contributed by atoms with E-state index in [9.17, 15) is 14.4 Å². The Kier molecular flexibility index (Phi) is 7.49. The molecule has 0 aromatic heterocycles. The highest BCUT2D eigenvalue weighted by atomic mass is 16.5. The Labute approximate surface area is 194 Å². The fraction of sp³-hybridized carbons (Fsp3) is 0.625. The van der Waals surface area contributed by atoms with Crippen LogP contribution in [0.2, 0.25) is 0 Å². The van der Waals surface area contributed by atoms with Gasteiger partial charge in [-0.05, 0) is 50.8 Å². The van der Waals surface area contributed by atoms with Crippen LogP contribution in [0.25, 0.3) is 0 Å². The van der Waals surface area contributed by atoms with Gasteiger partial charge in [0.1, 0.15) is 18.5 Å². The van der Waals surface area contributed by atoms with Crippen LogP contribution in [0.15, 0.2) is 18.2 Å². The Morgan fingerprint density at radius 2 is 1.94 bits per heavy atom. The van der Waals surface area contributed by atoms with Crippen LogP contribution in [0.5, 0.6) is 5.75 Å². The van der Waals surface area contributed by atoms with Crippen molar-refractivity contribution in [3.63, 3.8) is 0 Å². The molecule has 0 bridgehead atoms. The summed E-state index contributed by atoms with van der Waals surface area (Å²) < 4.78 is 17.5. The zero-order valence-corrected chi connectivity index (χ0v) is 19.3. The van der Waals surface area contributed by atoms with Gasteiger partial charge in [-0.15, -0.1) is 0 Å². The fourth-order valence-corrected chi connectivity index (χ4v) is 4.79. The molecule has 4 rings (SSSR count). The van der Waals surface area contributed by atoms with Crippen LogP contribution in [0.1, 0.15) is 49.4 Å². The molecule has 2 N–H and O–H groups in total. The smallest absolute Gasteiger partial charge is 0.257 e. The highest BCUT2D eigenvalue weighted by Gasteiger charge is 2.39. The predicted octanol–water partition coefficient (Wildman–Crippen LogP) is 1.96. The van der Waals surface area contributed by atoms with Gasteiger partial charge in [-0.3, -0.25) is 14.4 Å². The van der Waals surface area contributed by atoms with Crippen LogP contribution >= 0.6 is 0 Å². The summed E-state index contributed by atoms with van der Waals surface area (Å²) in [5.41, 5.74) is 1.000. The Morgan fingerprint density at radius 3 is 2.70 bits per heavy atom. The molecular formula is C24H33N3O6. The van der Waals surface area contributed by atoms with Gasteiger partial charge in [0, 0.05) is 38.4 Å². The van der Waals surface area contributed by atoms with Gasteiger partial charge >= 0.3 is 0 Å². The SMILES string of the molecule is CCNC(=O)C[C@@H]1CC[C@@H]2[C@@H](COc3ccc(NC(=O)C4CCOCC4)cc3C(=O)N2C)O1. The molecule has 3 heterocycles. The largest absolute Gasteiger partial charge is 0.490 e. The van der Waals surface area contributed by atoms with E-state index >= 15 is 0 Å². The second-order valence-corrected chi connectivity index (χ2v) is 8.91. The first-order chi connectivity index (χ1) is 16.0. The number of carbonyl (C=O) groups is 3. The van der Waals surface area contributed by atoms with E-state index in [0.29, 0.717) is 62.4 Å². The molecule has 9 nitrogen and oxygen atoms in total. The van der Waals surface area contributed by atoms with Crippen molar-refractivity contribution in [1.29, 1.82) is 0 Å². The maximum Gasteiger partial charge on any atom is 0.257 e. The summed E-state index contributed by atoms with van der Waals surface area (Å²) in [5.74, 6) is 0.127. The number of fused-ring (bicyclic) bond motifs is 2. The molecule has 0 radical (unpaired) electrons. The fourth-order valence-electron chi connectivity index (χ4n) is 4.79. The van der Waals surface area contributed by atoms with E-state index in [0.717, 1.165) is 6.42 Å². The molecule has 3 aliphatic rings. The van der Waals surface area contributed by atoms with E-state index < -0.39 is 0 Å². The third-order valence-electron chi connectivity index (χ3n) is 6.66. The Balaban J connectivity index is 1.46. The average molecular weight is 460 g/mol. The lowest BCUT2D eigenvalue weighted by atomic mass is 9.94. The summed E-state index contributed by atoms with van der Waals surface area (Å²) >= 11 is 0. The second-order valence-electron chi connectivity index (χ2n) is 8.91. The molecule has 2 saturated heterocycles. The molecule has 180 valence electrons. The quantitative estimate of drug-likeness (QED) is 0.697. The number of nitrogens with one attached hydrogen (secondary N) is 2. The number of anilines is 1. The lowest BCUT2D eigenvalue weighted by Gasteiger charge is -2.42. The van der Waals surface area contributed by atoms with Crippen LogP contribution in [0, 0.1) is 5.92 Å². The van der Waals surface area contributed by atoms with Crippen molar-refractivity contribution in [2.75, 3.05) is 38.7 Å². The third kappa shape index (κ3) is 5.47. The molecule has 3 atom stereocenters. The number of ether oxygens (including phenoxy) is 3. The summed E-state index contributed by atoms with van der Waals surface area (Å²) in [6, 6.07) is 5.02. The Hall–Kier alpha value is -2.65. The molecule has 0 aliphatic carbocycles. The van der Waals surface area contributed by atoms with Crippen molar-refractivity contribution < 1.29 is 28.6 Å². The average Bonchev–Trinajstić information content (AvgIpc) is 2.82. The zero-order chi connectivity index (χ0) is 23.4. The second kappa shape index (κ2) is 10.5. The van der Waals surface area contributed by atoms with E-state index in [1.54, 1.807) is 30.1 Å². The number of carbonyl (C=O) groups excluding carboxylic acids is 3. The lowest BCUT2D eigenvalue weighted by molar-refractivity contribution is -0.134. The maximum absolute atomic E-state index is 13.3. The monoisotopic (exact) mass is 459 g/mol. The van der Waals surface area contributed by atoms with Gasteiger partial charge in [0.2, 0.25) is 11.8 Å². The number of nitrogens with zero attached hydrogens (tertiary/aromatic N) is 1. The Bertz CT molecular complexity index is 885. The molecule has 0 unspecified atom stereocenters. The standard InChI is InChI=1S/C24H33N3O6/c1-3-25-22(28)13-17-5-6-19-21(33-17)14-32-20-7-4-16(12-18(20)24(30)27(19)2)26-23(29)15-8-10-31-11-9-15/h4,7,12,15,17,19,21H,3,5-6,8-11,13-14H2,1-2H3,(H,25,28)(H,26,29)/t17-,19+,21+/m0/s1. The highest BCUT2D eigenvalue weighted by Crippen LogP contribution is 2.32. The van der Waals surface area contributed by atoms with E-state index in [-0.39, 0.29) is 48.5 Å². The van der Waals surface area contributed by atoms with Crippen molar-refractivity contribution in [3.8, 4) is 5.75 Å². The van der Waals surface area contributed by atoms with Gasteiger partial charge in [0.05, 0.1) is 24.1 Å². The van der Waals surface area contributed by atoms with Crippen LogP contribution < -0.4 is 15.4 Å². The van der Waals surface area contributed by atoms with Crippen LogP contribution in [-0.4, -0.2) is 74.3 Å². The maximum atomic E-state index is 13.3. The first-order valence-electron chi connectivity index (χ1n) is 11.8. The Morgan fingerprint density at radius 1 is 1.15 bits per heavy atom. The molecule has 9 heteroatoms. The minimum Gasteiger partial charge on any atom is -0.490 e. The van der Waals surface area contributed by atoms with Crippen molar-refractivity contribution in [2.45, 2.75) is 57.3 Å². The first kappa shape index (κ1) is 23.5. The minimum atomic E-state index is -0.312. The molecule has 33 heavy (non-hydrogen) atoms. The third-order valence-corrected chi connectivity index (χ3v) is 6.66. The van der Waals surface area contributed by atoms with Crippen molar-refractivity contribution in [2.24, 2.45) is 5.92 Å². The first-order valence-corrected chi connectivity index (χ1v) is 11.8. The van der Waals surface area contributed by atoms with E-state index in [1.807, 2.05) is 6.92 Å². The molecule has 2 fully saturated rings. The zero-order valence-electron chi connectivity index (χ0n) is 19.3. The van der Waals surface area contributed by atoms with Crippen LogP contribution in [-0.2, 0) is 19.1 Å². The lowest BCUT2D eigenvalue weighted by Crippen LogP contribution is -2.54. The summed E-state index contributed by atoms with van der Waals surface area (Å²) in [6.07, 6.45) is 2.64.